The minimum atomic E-state index is -3.42. The lowest BCUT2D eigenvalue weighted by Gasteiger charge is -2.23. The predicted molar refractivity (Wildman–Crippen MR) is 133 cm³/mol. The normalized spacial score (nSPS) is 16.4. The molecule has 4 rings (SSSR count). The highest BCUT2D eigenvalue weighted by atomic mass is 32.2. The number of sulfone groups is 1. The quantitative estimate of drug-likeness (QED) is 0.448. The number of hydrogen-bond acceptors (Lipinski definition) is 6. The standard InChI is InChI=1S/C25H30N2O4S2/c1-17-8-10-21(11-9-17)33(29,30)13-5-7-23(28)27(16-20-6-4-12-31-20)25-26-24-19(3)14-18(2)15-22(24)32-25/h8-11,14-15,20H,4-7,12-13,16H2,1-3H3. The monoisotopic (exact) mass is 486 g/mol. The third-order valence-corrected chi connectivity index (χ3v) is 8.79. The Bertz CT molecular complexity index is 1240. The van der Waals surface area contributed by atoms with Gasteiger partial charge in [-0.25, -0.2) is 13.4 Å². The van der Waals surface area contributed by atoms with Crippen LogP contribution in [0.1, 0.15) is 42.4 Å². The van der Waals surface area contributed by atoms with Gasteiger partial charge in [0.05, 0.1) is 33.5 Å². The molecule has 0 saturated carbocycles. The first-order valence-electron chi connectivity index (χ1n) is 11.3. The van der Waals surface area contributed by atoms with Gasteiger partial charge in [0, 0.05) is 13.0 Å². The molecule has 8 heteroatoms. The molecule has 0 radical (unpaired) electrons. The molecule has 176 valence electrons. The fourth-order valence-corrected chi connectivity index (χ4v) is 6.64. The Morgan fingerprint density at radius 2 is 1.91 bits per heavy atom. The number of nitrogens with zero attached hydrogens (tertiary/aromatic N) is 2. The molecule has 1 fully saturated rings. The Kier molecular flexibility index (Phi) is 7.16. The average Bonchev–Trinajstić information content (AvgIpc) is 3.42. The molecule has 1 atom stereocenters. The van der Waals surface area contributed by atoms with E-state index in [2.05, 4.69) is 19.1 Å². The van der Waals surface area contributed by atoms with E-state index < -0.39 is 9.84 Å². The number of hydrogen-bond donors (Lipinski definition) is 0. The van der Waals surface area contributed by atoms with E-state index in [0.29, 0.717) is 23.2 Å². The summed E-state index contributed by atoms with van der Waals surface area (Å²) in [6, 6.07) is 11.0. The van der Waals surface area contributed by atoms with Crippen molar-refractivity contribution in [3.05, 3.63) is 53.1 Å². The molecule has 0 N–H and O–H groups in total. The minimum absolute atomic E-state index is 0.0138. The van der Waals surface area contributed by atoms with Crippen LogP contribution in [0, 0.1) is 20.8 Å². The lowest BCUT2D eigenvalue weighted by atomic mass is 10.1. The van der Waals surface area contributed by atoms with Gasteiger partial charge in [0.1, 0.15) is 0 Å². The third-order valence-electron chi connectivity index (χ3n) is 5.94. The van der Waals surface area contributed by atoms with Gasteiger partial charge in [-0.3, -0.25) is 9.69 Å². The van der Waals surface area contributed by atoms with Crippen LogP contribution in [-0.2, 0) is 19.4 Å². The van der Waals surface area contributed by atoms with Crippen molar-refractivity contribution in [2.75, 3.05) is 23.8 Å². The lowest BCUT2D eigenvalue weighted by molar-refractivity contribution is -0.119. The van der Waals surface area contributed by atoms with E-state index in [9.17, 15) is 13.2 Å². The van der Waals surface area contributed by atoms with Crippen LogP contribution in [0.3, 0.4) is 0 Å². The maximum atomic E-state index is 13.3. The molecule has 1 amide bonds. The first kappa shape index (κ1) is 23.9. The van der Waals surface area contributed by atoms with Crippen molar-refractivity contribution in [1.29, 1.82) is 0 Å². The highest BCUT2D eigenvalue weighted by Crippen LogP contribution is 2.33. The van der Waals surface area contributed by atoms with Gasteiger partial charge < -0.3 is 4.74 Å². The second kappa shape index (κ2) is 9.91. The molecule has 2 heterocycles. The fraction of sp³-hybridized carbons (Fsp3) is 0.440. The third kappa shape index (κ3) is 5.62. The maximum Gasteiger partial charge on any atom is 0.228 e. The zero-order valence-corrected chi connectivity index (χ0v) is 21.0. The topological polar surface area (TPSA) is 76.6 Å². The summed E-state index contributed by atoms with van der Waals surface area (Å²) in [5.41, 5.74) is 4.16. The van der Waals surface area contributed by atoms with Gasteiger partial charge in [-0.05, 0) is 69.4 Å². The zero-order chi connectivity index (χ0) is 23.6. The van der Waals surface area contributed by atoms with Gasteiger partial charge in [0.2, 0.25) is 5.91 Å². The van der Waals surface area contributed by atoms with Crippen LogP contribution in [-0.4, -0.2) is 44.3 Å². The first-order valence-corrected chi connectivity index (χ1v) is 13.8. The van der Waals surface area contributed by atoms with Crippen LogP contribution < -0.4 is 4.90 Å². The van der Waals surface area contributed by atoms with Gasteiger partial charge >= 0.3 is 0 Å². The van der Waals surface area contributed by atoms with Gasteiger partial charge in [-0.2, -0.15) is 0 Å². The molecule has 1 aliphatic heterocycles. The minimum Gasteiger partial charge on any atom is -0.376 e. The molecule has 3 aromatic rings. The van der Waals surface area contributed by atoms with Crippen molar-refractivity contribution < 1.29 is 17.9 Å². The average molecular weight is 487 g/mol. The summed E-state index contributed by atoms with van der Waals surface area (Å²) in [6.45, 7) is 7.15. The summed E-state index contributed by atoms with van der Waals surface area (Å²) in [4.78, 5) is 20.1. The van der Waals surface area contributed by atoms with Crippen molar-refractivity contribution in [3.8, 4) is 0 Å². The van der Waals surface area contributed by atoms with Gasteiger partial charge in [0.25, 0.3) is 0 Å². The van der Waals surface area contributed by atoms with Crippen molar-refractivity contribution >= 4 is 42.4 Å². The second-order valence-corrected chi connectivity index (χ2v) is 11.9. The number of aromatic nitrogens is 1. The zero-order valence-electron chi connectivity index (χ0n) is 19.3. The van der Waals surface area contributed by atoms with Crippen LogP contribution in [0.25, 0.3) is 10.2 Å². The Balaban J connectivity index is 1.50. The SMILES string of the molecule is Cc1ccc(S(=O)(=O)CCCC(=O)N(CC2CCCO2)c2nc3c(C)cc(C)cc3s2)cc1. The number of thiazole rings is 1. The van der Waals surface area contributed by atoms with Crippen molar-refractivity contribution in [2.24, 2.45) is 0 Å². The molecule has 1 aromatic heterocycles. The smallest absolute Gasteiger partial charge is 0.228 e. The maximum absolute atomic E-state index is 13.3. The fourth-order valence-electron chi connectivity index (χ4n) is 4.16. The van der Waals surface area contributed by atoms with Gasteiger partial charge in [0.15, 0.2) is 15.0 Å². The number of carbonyl (C=O) groups excluding carboxylic acids is 1. The van der Waals surface area contributed by atoms with E-state index >= 15 is 0 Å². The largest absolute Gasteiger partial charge is 0.376 e. The van der Waals surface area contributed by atoms with Crippen molar-refractivity contribution in [3.63, 3.8) is 0 Å². The predicted octanol–water partition coefficient (Wildman–Crippen LogP) is 4.99. The molecule has 1 unspecified atom stereocenters. The molecule has 0 spiro atoms. The number of fused-ring (bicyclic) bond motifs is 1. The molecule has 1 aliphatic rings. The van der Waals surface area contributed by atoms with Crippen LogP contribution in [0.2, 0.25) is 0 Å². The molecule has 33 heavy (non-hydrogen) atoms. The van der Waals surface area contributed by atoms with Crippen molar-refractivity contribution in [2.45, 2.75) is 57.5 Å². The molecular weight excluding hydrogens is 456 g/mol. The van der Waals surface area contributed by atoms with E-state index in [1.165, 1.54) is 11.3 Å². The summed E-state index contributed by atoms with van der Waals surface area (Å²) in [6.07, 6.45) is 2.29. The molecular formula is C25H30N2O4S2. The van der Waals surface area contributed by atoms with E-state index in [0.717, 1.165) is 39.7 Å². The number of anilines is 1. The van der Waals surface area contributed by atoms with Crippen molar-refractivity contribution in [1.82, 2.24) is 4.98 Å². The first-order chi connectivity index (χ1) is 15.7. The van der Waals surface area contributed by atoms with Gasteiger partial charge in [-0.1, -0.05) is 35.1 Å². The van der Waals surface area contributed by atoms with E-state index in [1.807, 2.05) is 13.8 Å². The Morgan fingerprint density at radius 3 is 2.61 bits per heavy atom. The number of benzene rings is 2. The summed E-state index contributed by atoms with van der Waals surface area (Å²) in [5, 5.41) is 0.653. The van der Waals surface area contributed by atoms with Gasteiger partial charge in [-0.15, -0.1) is 0 Å². The molecule has 6 nitrogen and oxygen atoms in total. The number of aryl methyl sites for hydroxylation is 3. The Morgan fingerprint density at radius 1 is 1.15 bits per heavy atom. The summed E-state index contributed by atoms with van der Waals surface area (Å²) in [7, 11) is -3.42. The number of amides is 1. The van der Waals surface area contributed by atoms with E-state index in [1.54, 1.807) is 29.2 Å². The number of carbonyl (C=O) groups is 1. The second-order valence-electron chi connectivity index (χ2n) is 8.80. The Labute approximate surface area is 199 Å². The van der Waals surface area contributed by atoms with Crippen LogP contribution in [0.5, 0.6) is 0 Å². The number of rotatable bonds is 8. The number of ether oxygens (including phenoxy) is 1. The molecule has 1 saturated heterocycles. The highest BCUT2D eigenvalue weighted by Gasteiger charge is 2.27. The van der Waals surface area contributed by atoms with E-state index in [4.69, 9.17) is 9.72 Å². The summed E-state index contributed by atoms with van der Waals surface area (Å²) >= 11 is 1.50. The van der Waals surface area contributed by atoms with Crippen LogP contribution >= 0.6 is 11.3 Å². The van der Waals surface area contributed by atoms with Crippen LogP contribution in [0.4, 0.5) is 5.13 Å². The van der Waals surface area contributed by atoms with Crippen LogP contribution in [0.15, 0.2) is 41.3 Å². The molecule has 2 aromatic carbocycles. The lowest BCUT2D eigenvalue weighted by Crippen LogP contribution is -2.37. The summed E-state index contributed by atoms with van der Waals surface area (Å²) in [5.74, 6) is -0.175. The molecule has 0 bridgehead atoms. The highest BCUT2D eigenvalue weighted by molar-refractivity contribution is 7.91. The Hall–Kier alpha value is -2.29. The summed E-state index contributed by atoms with van der Waals surface area (Å²) < 4.78 is 32.2. The van der Waals surface area contributed by atoms with E-state index in [-0.39, 0.29) is 30.6 Å². The molecule has 0 aliphatic carbocycles.